The maximum Gasteiger partial charge on any atom is 0.376 e. The standard InChI is InChI=1S/C11H15ClNO5P/c1-3-19(16,17)18-11-5-4-9(13(14)15)6-10(11)8(2)7-12/h4-6,8H,3,7H2,1-2H3,(H,16,17). The number of hydrogen-bond donors (Lipinski definition) is 1. The third-order valence-corrected chi connectivity index (χ3v) is 4.35. The molecule has 0 amide bonds. The summed E-state index contributed by atoms with van der Waals surface area (Å²) in [6.07, 6.45) is -0.0430. The van der Waals surface area contributed by atoms with E-state index in [1.54, 1.807) is 6.92 Å². The summed E-state index contributed by atoms with van der Waals surface area (Å²) < 4.78 is 16.7. The van der Waals surface area contributed by atoms with Crippen LogP contribution in [-0.2, 0) is 4.57 Å². The topological polar surface area (TPSA) is 89.7 Å². The number of non-ortho nitro benzene ring substituents is 1. The summed E-state index contributed by atoms with van der Waals surface area (Å²) in [5, 5.41) is 10.7. The van der Waals surface area contributed by atoms with Crippen LogP contribution in [0.4, 0.5) is 5.69 Å². The molecule has 1 aromatic carbocycles. The zero-order valence-corrected chi connectivity index (χ0v) is 12.2. The second kappa shape index (κ2) is 6.37. The fraction of sp³-hybridized carbons (Fsp3) is 0.455. The van der Waals surface area contributed by atoms with Crippen molar-refractivity contribution in [1.29, 1.82) is 0 Å². The fourth-order valence-electron chi connectivity index (χ4n) is 1.42. The summed E-state index contributed by atoms with van der Waals surface area (Å²) in [6, 6.07) is 3.88. The lowest BCUT2D eigenvalue weighted by molar-refractivity contribution is -0.384. The Bertz CT molecular complexity index is 522. The average Bonchev–Trinajstić information content (AvgIpc) is 2.37. The van der Waals surface area contributed by atoms with Crippen molar-refractivity contribution in [2.24, 2.45) is 0 Å². The van der Waals surface area contributed by atoms with Gasteiger partial charge in [0.2, 0.25) is 0 Å². The zero-order chi connectivity index (χ0) is 14.6. The van der Waals surface area contributed by atoms with Gasteiger partial charge in [-0.2, -0.15) is 0 Å². The van der Waals surface area contributed by atoms with Crippen LogP contribution in [0.3, 0.4) is 0 Å². The van der Waals surface area contributed by atoms with E-state index in [1.165, 1.54) is 25.1 Å². The van der Waals surface area contributed by atoms with Gasteiger partial charge in [-0.05, 0) is 12.0 Å². The second-order valence-electron chi connectivity index (χ2n) is 4.08. The molecule has 0 saturated heterocycles. The van der Waals surface area contributed by atoms with Gasteiger partial charge in [-0.1, -0.05) is 13.8 Å². The Morgan fingerprint density at radius 1 is 1.58 bits per heavy atom. The molecular formula is C11H15ClNO5P. The summed E-state index contributed by atoms with van der Waals surface area (Å²) in [6.45, 7) is 3.28. The first-order valence-corrected chi connectivity index (χ1v) is 7.96. The lowest BCUT2D eigenvalue weighted by atomic mass is 10.0. The third-order valence-electron chi connectivity index (χ3n) is 2.61. The average molecular weight is 308 g/mol. The normalized spacial score (nSPS) is 15.6. The van der Waals surface area contributed by atoms with E-state index in [4.69, 9.17) is 16.1 Å². The second-order valence-corrected chi connectivity index (χ2v) is 6.48. The van der Waals surface area contributed by atoms with Crippen molar-refractivity contribution in [2.45, 2.75) is 19.8 Å². The van der Waals surface area contributed by atoms with Crippen LogP contribution in [0.25, 0.3) is 0 Å². The highest BCUT2D eigenvalue weighted by Crippen LogP contribution is 2.45. The monoisotopic (exact) mass is 307 g/mol. The fourth-order valence-corrected chi connectivity index (χ4v) is 2.19. The number of benzene rings is 1. The van der Waals surface area contributed by atoms with Gasteiger partial charge < -0.3 is 9.42 Å². The Balaban J connectivity index is 3.23. The predicted molar refractivity (Wildman–Crippen MR) is 73.2 cm³/mol. The Kier molecular flexibility index (Phi) is 5.35. The molecule has 0 aliphatic heterocycles. The smallest absolute Gasteiger partial charge is 0.376 e. The van der Waals surface area contributed by atoms with E-state index in [1.807, 2.05) is 0 Å². The van der Waals surface area contributed by atoms with Crippen LogP contribution in [0.1, 0.15) is 25.3 Å². The molecule has 2 unspecified atom stereocenters. The number of nitro groups is 1. The maximum absolute atomic E-state index is 11.6. The summed E-state index contributed by atoms with van der Waals surface area (Å²) >= 11 is 5.74. The molecule has 0 aliphatic carbocycles. The SMILES string of the molecule is CCP(=O)(O)Oc1ccc([N+](=O)[O-])cc1C(C)CCl. The van der Waals surface area contributed by atoms with E-state index in [9.17, 15) is 19.6 Å². The number of nitro benzene ring substituents is 1. The Morgan fingerprint density at radius 2 is 2.21 bits per heavy atom. The number of hydrogen-bond acceptors (Lipinski definition) is 4. The molecule has 1 N–H and O–H groups in total. The van der Waals surface area contributed by atoms with Crippen molar-refractivity contribution in [3.8, 4) is 5.75 Å². The Morgan fingerprint density at radius 3 is 2.68 bits per heavy atom. The van der Waals surface area contributed by atoms with Crippen LogP contribution in [-0.4, -0.2) is 21.9 Å². The van der Waals surface area contributed by atoms with E-state index in [2.05, 4.69) is 0 Å². The molecule has 2 atom stereocenters. The highest BCUT2D eigenvalue weighted by Gasteiger charge is 2.23. The van der Waals surface area contributed by atoms with Crippen LogP contribution in [0.15, 0.2) is 18.2 Å². The molecular weight excluding hydrogens is 293 g/mol. The van der Waals surface area contributed by atoms with Crippen molar-refractivity contribution in [2.75, 3.05) is 12.0 Å². The van der Waals surface area contributed by atoms with Crippen molar-refractivity contribution in [3.05, 3.63) is 33.9 Å². The molecule has 0 aliphatic rings. The summed E-state index contributed by atoms with van der Waals surface area (Å²) in [5.41, 5.74) is 0.343. The Hall–Kier alpha value is -1.10. The molecule has 0 spiro atoms. The van der Waals surface area contributed by atoms with E-state index >= 15 is 0 Å². The minimum Gasteiger partial charge on any atom is -0.424 e. The zero-order valence-electron chi connectivity index (χ0n) is 10.6. The third kappa shape index (κ3) is 4.20. The van der Waals surface area contributed by atoms with Gasteiger partial charge >= 0.3 is 7.60 Å². The molecule has 0 fully saturated rings. The minimum absolute atomic E-state index is 0.0430. The van der Waals surface area contributed by atoms with Gasteiger partial charge in [0.05, 0.1) is 11.1 Å². The van der Waals surface area contributed by atoms with E-state index in [-0.39, 0.29) is 29.4 Å². The highest BCUT2D eigenvalue weighted by atomic mass is 35.5. The molecule has 6 nitrogen and oxygen atoms in total. The van der Waals surface area contributed by atoms with Crippen LogP contribution in [0, 0.1) is 10.1 Å². The van der Waals surface area contributed by atoms with Gasteiger partial charge in [-0.3, -0.25) is 10.1 Å². The summed E-state index contributed by atoms with van der Waals surface area (Å²) in [4.78, 5) is 19.7. The molecule has 106 valence electrons. The maximum atomic E-state index is 11.6. The number of alkyl halides is 1. The number of rotatable bonds is 6. The predicted octanol–water partition coefficient (Wildman–Crippen LogP) is 3.52. The van der Waals surface area contributed by atoms with Crippen LogP contribution in [0.5, 0.6) is 5.75 Å². The molecule has 0 saturated carbocycles. The first-order valence-electron chi connectivity index (χ1n) is 5.66. The van der Waals surface area contributed by atoms with Gasteiger partial charge in [0, 0.05) is 23.6 Å². The van der Waals surface area contributed by atoms with E-state index in [0.29, 0.717) is 5.56 Å². The van der Waals surface area contributed by atoms with Crippen LogP contribution >= 0.6 is 19.2 Å². The van der Waals surface area contributed by atoms with Crippen LogP contribution < -0.4 is 4.52 Å². The van der Waals surface area contributed by atoms with Gasteiger partial charge in [-0.25, -0.2) is 4.57 Å². The number of nitrogens with zero attached hydrogens (tertiary/aromatic N) is 1. The molecule has 19 heavy (non-hydrogen) atoms. The van der Waals surface area contributed by atoms with Crippen molar-refractivity contribution in [3.63, 3.8) is 0 Å². The largest absolute Gasteiger partial charge is 0.424 e. The van der Waals surface area contributed by atoms with E-state index < -0.39 is 12.5 Å². The number of halogens is 1. The Labute approximate surface area is 116 Å². The first-order chi connectivity index (χ1) is 8.80. The van der Waals surface area contributed by atoms with Crippen molar-refractivity contribution < 1.29 is 18.9 Å². The molecule has 0 heterocycles. The molecule has 1 aromatic rings. The molecule has 0 bridgehead atoms. The van der Waals surface area contributed by atoms with Crippen molar-refractivity contribution in [1.82, 2.24) is 0 Å². The van der Waals surface area contributed by atoms with Gasteiger partial charge in [0.15, 0.2) is 0 Å². The molecule has 8 heteroatoms. The molecule has 0 radical (unpaired) electrons. The quantitative estimate of drug-likeness (QED) is 0.376. The van der Waals surface area contributed by atoms with Gasteiger partial charge in [0.25, 0.3) is 5.69 Å². The minimum atomic E-state index is -3.72. The van der Waals surface area contributed by atoms with E-state index in [0.717, 1.165) is 0 Å². The van der Waals surface area contributed by atoms with Crippen molar-refractivity contribution >= 4 is 24.9 Å². The van der Waals surface area contributed by atoms with Gasteiger partial charge in [0.1, 0.15) is 5.75 Å². The lowest BCUT2D eigenvalue weighted by Crippen LogP contribution is -2.03. The summed E-state index contributed by atoms with van der Waals surface area (Å²) in [5.74, 6) is 0.152. The van der Waals surface area contributed by atoms with Crippen LogP contribution in [0.2, 0.25) is 0 Å². The first kappa shape index (κ1) is 16.0. The highest BCUT2D eigenvalue weighted by molar-refractivity contribution is 7.53. The van der Waals surface area contributed by atoms with Gasteiger partial charge in [-0.15, -0.1) is 11.6 Å². The molecule has 0 aromatic heterocycles. The lowest BCUT2D eigenvalue weighted by Gasteiger charge is -2.17. The molecule has 1 rings (SSSR count). The summed E-state index contributed by atoms with van der Waals surface area (Å²) in [7, 11) is -3.72.